The molecule has 0 aliphatic carbocycles. The molecule has 1 aromatic heterocycles. The Kier molecular flexibility index (Phi) is 6.77. The number of imide groups is 1. The van der Waals surface area contributed by atoms with Crippen molar-refractivity contribution in [1.82, 2.24) is 14.4 Å². The van der Waals surface area contributed by atoms with Crippen molar-refractivity contribution >= 4 is 61.7 Å². The first-order valence-corrected chi connectivity index (χ1v) is 12.6. The monoisotopic (exact) mass is 557 g/mol. The molecule has 180 valence electrons. The number of halogens is 2. The summed E-state index contributed by atoms with van der Waals surface area (Å²) in [5.41, 5.74) is 1.83. The van der Waals surface area contributed by atoms with Gasteiger partial charge in [-0.15, -0.1) is 0 Å². The second kappa shape index (κ2) is 9.96. The highest BCUT2D eigenvalue weighted by Gasteiger charge is 2.35. The van der Waals surface area contributed by atoms with Crippen LogP contribution < -0.4 is 0 Å². The Morgan fingerprint density at radius 1 is 1.14 bits per heavy atom. The van der Waals surface area contributed by atoms with Crippen molar-refractivity contribution in [1.29, 1.82) is 0 Å². The number of ether oxygens (including phenoxy) is 1. The molecular formula is C25H21BrFN3O4S. The van der Waals surface area contributed by atoms with Crippen molar-refractivity contribution in [3.8, 4) is 0 Å². The van der Waals surface area contributed by atoms with Gasteiger partial charge < -0.3 is 14.2 Å². The van der Waals surface area contributed by atoms with Crippen LogP contribution in [0.5, 0.6) is 0 Å². The van der Waals surface area contributed by atoms with Gasteiger partial charge in [0.1, 0.15) is 12.4 Å². The highest BCUT2D eigenvalue weighted by molar-refractivity contribution is 9.10. The van der Waals surface area contributed by atoms with Crippen molar-refractivity contribution in [2.24, 2.45) is 0 Å². The molecule has 0 saturated carbocycles. The van der Waals surface area contributed by atoms with Crippen LogP contribution in [0.2, 0.25) is 0 Å². The minimum atomic E-state index is -0.469. The lowest BCUT2D eigenvalue weighted by atomic mass is 10.1. The number of carbonyl (C=O) groups excluding carboxylic acids is 3. The molecule has 5 rings (SSSR count). The van der Waals surface area contributed by atoms with E-state index < -0.39 is 17.0 Å². The molecule has 0 atom stereocenters. The summed E-state index contributed by atoms with van der Waals surface area (Å²) in [6.45, 7) is 2.20. The summed E-state index contributed by atoms with van der Waals surface area (Å²) in [7, 11) is 0. The summed E-state index contributed by atoms with van der Waals surface area (Å²) in [5, 5.41) is 0.395. The predicted molar refractivity (Wildman–Crippen MR) is 135 cm³/mol. The standard InChI is InChI=1S/C25H21BrFN3O4S/c26-18-5-6-21-19(12-18)17(13-29(21)15-23(31)28-7-9-34-10-8-28)11-22-24(32)30(25(33)35-22)14-16-3-1-2-4-20(16)27/h1-6,11-13H,7-10,14-15H2/b22-11-. The van der Waals surface area contributed by atoms with Gasteiger partial charge in [0.15, 0.2) is 0 Å². The average molecular weight is 558 g/mol. The van der Waals surface area contributed by atoms with Crippen molar-refractivity contribution in [3.63, 3.8) is 0 Å². The van der Waals surface area contributed by atoms with E-state index in [0.29, 0.717) is 31.9 Å². The third-order valence-corrected chi connectivity index (χ3v) is 7.39. The highest BCUT2D eigenvalue weighted by atomic mass is 79.9. The van der Waals surface area contributed by atoms with E-state index in [0.717, 1.165) is 32.0 Å². The third kappa shape index (κ3) is 4.91. The van der Waals surface area contributed by atoms with E-state index in [-0.39, 0.29) is 29.5 Å². The molecule has 0 radical (unpaired) electrons. The van der Waals surface area contributed by atoms with E-state index in [1.54, 1.807) is 29.2 Å². The second-order valence-electron chi connectivity index (χ2n) is 8.23. The fourth-order valence-electron chi connectivity index (χ4n) is 4.18. The van der Waals surface area contributed by atoms with Crippen LogP contribution in [-0.4, -0.2) is 57.7 Å². The van der Waals surface area contributed by atoms with Gasteiger partial charge >= 0.3 is 0 Å². The van der Waals surface area contributed by atoms with Crippen LogP contribution in [0.1, 0.15) is 11.1 Å². The lowest BCUT2D eigenvalue weighted by molar-refractivity contribution is -0.135. The van der Waals surface area contributed by atoms with Crippen LogP contribution in [0.4, 0.5) is 9.18 Å². The molecule has 35 heavy (non-hydrogen) atoms. The maximum absolute atomic E-state index is 14.1. The van der Waals surface area contributed by atoms with Crippen molar-refractivity contribution in [2.45, 2.75) is 13.1 Å². The van der Waals surface area contributed by atoms with Crippen molar-refractivity contribution < 1.29 is 23.5 Å². The summed E-state index contributed by atoms with van der Waals surface area (Å²) in [4.78, 5) is 41.5. The number of morpholine rings is 1. The van der Waals surface area contributed by atoms with Gasteiger partial charge in [-0.05, 0) is 42.1 Å². The highest BCUT2D eigenvalue weighted by Crippen LogP contribution is 2.35. The summed E-state index contributed by atoms with van der Waals surface area (Å²) in [5.74, 6) is -0.943. The van der Waals surface area contributed by atoms with Gasteiger partial charge in [-0.1, -0.05) is 34.1 Å². The predicted octanol–water partition coefficient (Wildman–Crippen LogP) is 4.64. The number of rotatable bonds is 5. The third-order valence-electron chi connectivity index (χ3n) is 5.99. The van der Waals surface area contributed by atoms with Crippen LogP contribution in [0.25, 0.3) is 17.0 Å². The van der Waals surface area contributed by atoms with Gasteiger partial charge in [0.2, 0.25) is 5.91 Å². The van der Waals surface area contributed by atoms with Crippen LogP contribution in [-0.2, 0) is 27.4 Å². The zero-order valence-electron chi connectivity index (χ0n) is 18.6. The molecule has 0 bridgehead atoms. The second-order valence-corrected chi connectivity index (χ2v) is 10.1. The Bertz CT molecular complexity index is 1370. The zero-order chi connectivity index (χ0) is 24.5. The Hall–Kier alpha value is -2.95. The Balaban J connectivity index is 1.44. The number of nitrogens with zero attached hydrogens (tertiary/aromatic N) is 3. The maximum Gasteiger partial charge on any atom is 0.293 e. The van der Waals surface area contributed by atoms with E-state index in [2.05, 4.69) is 15.9 Å². The summed E-state index contributed by atoms with van der Waals surface area (Å²) in [6, 6.07) is 11.8. The minimum absolute atomic E-state index is 0.00937. The first-order valence-electron chi connectivity index (χ1n) is 11.0. The lowest BCUT2D eigenvalue weighted by Gasteiger charge is -2.27. The maximum atomic E-state index is 14.1. The topological polar surface area (TPSA) is 71.9 Å². The number of fused-ring (bicyclic) bond motifs is 1. The van der Waals surface area contributed by atoms with Crippen LogP contribution in [0.15, 0.2) is 58.0 Å². The van der Waals surface area contributed by atoms with Gasteiger partial charge in [0.25, 0.3) is 11.1 Å². The number of amides is 3. The van der Waals surface area contributed by atoms with Crippen molar-refractivity contribution in [3.05, 3.63) is 75.0 Å². The van der Waals surface area contributed by atoms with Gasteiger partial charge in [0.05, 0.1) is 24.7 Å². The van der Waals surface area contributed by atoms with Crippen LogP contribution >= 0.6 is 27.7 Å². The summed E-state index contributed by atoms with van der Waals surface area (Å²) >= 11 is 4.31. The van der Waals surface area contributed by atoms with Gasteiger partial charge in [-0.25, -0.2) is 4.39 Å². The number of hydrogen-bond donors (Lipinski definition) is 0. The molecule has 2 aromatic carbocycles. The SMILES string of the molecule is O=C(Cn1cc(/C=C2\SC(=O)N(Cc3ccccc3F)C2=O)c2cc(Br)ccc21)N1CCOCC1. The molecule has 3 aromatic rings. The molecule has 3 heterocycles. The number of hydrogen-bond acceptors (Lipinski definition) is 5. The Labute approximate surface area is 213 Å². The molecule has 2 aliphatic rings. The first kappa shape index (κ1) is 23.8. The molecule has 2 aliphatic heterocycles. The normalized spacial score (nSPS) is 17.7. The van der Waals surface area contributed by atoms with Gasteiger partial charge in [-0.2, -0.15) is 0 Å². The van der Waals surface area contributed by atoms with Gasteiger partial charge in [-0.3, -0.25) is 19.3 Å². The smallest absolute Gasteiger partial charge is 0.293 e. The van der Waals surface area contributed by atoms with E-state index in [1.165, 1.54) is 6.07 Å². The largest absolute Gasteiger partial charge is 0.378 e. The molecular weight excluding hydrogens is 537 g/mol. The number of thioether (sulfide) groups is 1. The van der Waals surface area contributed by atoms with E-state index in [1.807, 2.05) is 29.0 Å². The summed E-state index contributed by atoms with van der Waals surface area (Å²) < 4.78 is 22.1. The lowest BCUT2D eigenvalue weighted by Crippen LogP contribution is -2.42. The molecule has 7 nitrogen and oxygen atoms in total. The Morgan fingerprint density at radius 2 is 1.91 bits per heavy atom. The van der Waals surface area contributed by atoms with Crippen LogP contribution in [0, 0.1) is 5.82 Å². The number of carbonyl (C=O) groups is 3. The fraction of sp³-hybridized carbons (Fsp3) is 0.240. The van der Waals surface area contributed by atoms with Gasteiger partial charge in [0, 0.05) is 45.8 Å². The van der Waals surface area contributed by atoms with Crippen molar-refractivity contribution in [2.75, 3.05) is 26.3 Å². The molecule has 0 spiro atoms. The fourth-order valence-corrected chi connectivity index (χ4v) is 5.37. The molecule has 0 N–H and O–H groups in total. The van der Waals surface area contributed by atoms with E-state index >= 15 is 0 Å². The molecule has 3 amide bonds. The number of benzene rings is 2. The molecule has 0 unspecified atom stereocenters. The molecule has 2 fully saturated rings. The van der Waals surface area contributed by atoms with Crippen LogP contribution in [0.3, 0.4) is 0 Å². The van der Waals surface area contributed by atoms with E-state index in [9.17, 15) is 18.8 Å². The molecule has 10 heteroatoms. The van der Waals surface area contributed by atoms with E-state index in [4.69, 9.17) is 4.74 Å². The quantitative estimate of drug-likeness (QED) is 0.427. The average Bonchev–Trinajstić information content (AvgIpc) is 3.32. The zero-order valence-corrected chi connectivity index (χ0v) is 21.0. The first-order chi connectivity index (χ1) is 16.9. The Morgan fingerprint density at radius 3 is 2.69 bits per heavy atom. The number of aromatic nitrogens is 1. The minimum Gasteiger partial charge on any atom is -0.378 e. The summed E-state index contributed by atoms with van der Waals surface area (Å²) in [6.07, 6.45) is 3.48. The molecule has 2 saturated heterocycles.